The van der Waals surface area contributed by atoms with Gasteiger partial charge in [0.15, 0.2) is 0 Å². The Bertz CT molecular complexity index is 750. The van der Waals surface area contributed by atoms with E-state index in [4.69, 9.17) is 0 Å². The number of benzene rings is 2. The number of piperidine rings is 1. The maximum Gasteiger partial charge on any atom is 0.315 e. The average molecular weight is 409 g/mol. The molecule has 162 valence electrons. The second-order valence-electron chi connectivity index (χ2n) is 8.14. The Kier molecular flexibility index (Phi) is 8.72. The van der Waals surface area contributed by atoms with Crippen molar-refractivity contribution in [1.82, 2.24) is 20.4 Å². The van der Waals surface area contributed by atoms with Gasteiger partial charge in [0.1, 0.15) is 0 Å². The molecule has 0 aromatic heterocycles. The molecule has 0 aliphatic carbocycles. The quantitative estimate of drug-likeness (QED) is 0.659. The molecule has 1 heterocycles. The van der Waals surface area contributed by atoms with Crippen LogP contribution in [-0.2, 0) is 19.6 Å². The smallest absolute Gasteiger partial charge is 0.315 e. The fourth-order valence-electron chi connectivity index (χ4n) is 3.96. The Morgan fingerprint density at radius 1 is 0.933 bits per heavy atom. The highest BCUT2D eigenvalue weighted by Gasteiger charge is 2.20. The fourth-order valence-corrected chi connectivity index (χ4v) is 3.96. The van der Waals surface area contributed by atoms with Crippen LogP contribution in [0, 0.1) is 0 Å². The highest BCUT2D eigenvalue weighted by atomic mass is 16.2. The zero-order valence-electron chi connectivity index (χ0n) is 18.4. The Labute approximate surface area is 181 Å². The first-order chi connectivity index (χ1) is 14.7. The molecule has 1 aliphatic rings. The first kappa shape index (κ1) is 22.3. The monoisotopic (exact) mass is 408 g/mol. The van der Waals surface area contributed by atoms with Crippen molar-refractivity contribution < 1.29 is 4.79 Å². The number of hydrogen-bond acceptors (Lipinski definition) is 3. The van der Waals surface area contributed by atoms with E-state index in [-0.39, 0.29) is 12.1 Å². The van der Waals surface area contributed by atoms with Gasteiger partial charge in [-0.1, -0.05) is 68.4 Å². The Morgan fingerprint density at radius 2 is 1.57 bits per heavy atom. The third kappa shape index (κ3) is 7.15. The van der Waals surface area contributed by atoms with Crippen LogP contribution < -0.4 is 10.6 Å². The largest absolute Gasteiger partial charge is 0.335 e. The third-order valence-corrected chi connectivity index (χ3v) is 5.95. The number of urea groups is 1. The molecule has 2 aromatic rings. The summed E-state index contributed by atoms with van der Waals surface area (Å²) >= 11 is 0. The highest BCUT2D eigenvalue weighted by molar-refractivity contribution is 5.74. The molecule has 0 atom stereocenters. The number of amides is 2. The molecule has 2 amide bonds. The van der Waals surface area contributed by atoms with Crippen molar-refractivity contribution in [2.24, 2.45) is 0 Å². The maximum absolute atomic E-state index is 12.3. The van der Waals surface area contributed by atoms with Crippen LogP contribution in [0.2, 0.25) is 0 Å². The Balaban J connectivity index is 1.35. The highest BCUT2D eigenvalue weighted by Crippen LogP contribution is 2.14. The summed E-state index contributed by atoms with van der Waals surface area (Å²) in [7, 11) is 0. The number of carbonyl (C=O) groups excluding carboxylic acids is 1. The van der Waals surface area contributed by atoms with Crippen LogP contribution in [-0.4, -0.2) is 48.1 Å². The Morgan fingerprint density at radius 3 is 2.20 bits per heavy atom. The molecule has 0 unspecified atom stereocenters. The average Bonchev–Trinajstić information content (AvgIpc) is 2.79. The molecule has 1 saturated heterocycles. The molecular formula is C25H36N4O. The van der Waals surface area contributed by atoms with E-state index in [9.17, 15) is 4.79 Å². The molecule has 2 N–H and O–H groups in total. The Hall–Kier alpha value is -2.37. The fraction of sp³-hybridized carbons (Fsp3) is 0.480. The van der Waals surface area contributed by atoms with Crippen molar-refractivity contribution in [3.63, 3.8) is 0 Å². The van der Waals surface area contributed by atoms with Gasteiger partial charge in [0.2, 0.25) is 0 Å². The van der Waals surface area contributed by atoms with Gasteiger partial charge in [0.05, 0.1) is 0 Å². The predicted molar refractivity (Wildman–Crippen MR) is 123 cm³/mol. The lowest BCUT2D eigenvalue weighted by molar-refractivity contribution is 0.186. The van der Waals surface area contributed by atoms with Crippen LogP contribution in [0.5, 0.6) is 0 Å². The first-order valence-electron chi connectivity index (χ1n) is 11.3. The van der Waals surface area contributed by atoms with E-state index in [1.807, 2.05) is 0 Å². The van der Waals surface area contributed by atoms with Gasteiger partial charge in [-0.3, -0.25) is 9.80 Å². The van der Waals surface area contributed by atoms with Crippen molar-refractivity contribution >= 4 is 6.03 Å². The van der Waals surface area contributed by atoms with Crippen LogP contribution in [0.1, 0.15) is 43.4 Å². The molecular weight excluding hydrogens is 372 g/mol. The minimum atomic E-state index is -0.0660. The van der Waals surface area contributed by atoms with Gasteiger partial charge in [0, 0.05) is 38.8 Å². The molecule has 5 heteroatoms. The summed E-state index contributed by atoms with van der Waals surface area (Å²) in [5.74, 6) is 0. The van der Waals surface area contributed by atoms with Gasteiger partial charge in [-0.05, 0) is 42.6 Å². The van der Waals surface area contributed by atoms with Gasteiger partial charge in [-0.25, -0.2) is 4.79 Å². The molecule has 30 heavy (non-hydrogen) atoms. The second kappa shape index (κ2) is 11.7. The number of carbonyl (C=O) groups is 1. The summed E-state index contributed by atoms with van der Waals surface area (Å²) < 4.78 is 0. The van der Waals surface area contributed by atoms with Gasteiger partial charge in [-0.15, -0.1) is 0 Å². The lowest BCUT2D eigenvalue weighted by Gasteiger charge is -2.32. The first-order valence-corrected chi connectivity index (χ1v) is 11.3. The zero-order chi connectivity index (χ0) is 21.2. The topological polar surface area (TPSA) is 47.6 Å². The lowest BCUT2D eigenvalue weighted by atomic mass is 10.0. The van der Waals surface area contributed by atoms with Gasteiger partial charge in [-0.2, -0.15) is 0 Å². The van der Waals surface area contributed by atoms with E-state index >= 15 is 0 Å². The van der Waals surface area contributed by atoms with E-state index in [2.05, 4.69) is 88.9 Å². The summed E-state index contributed by atoms with van der Waals surface area (Å²) in [5.41, 5.74) is 3.80. The van der Waals surface area contributed by atoms with Crippen molar-refractivity contribution in [1.29, 1.82) is 0 Å². The molecule has 0 saturated carbocycles. The lowest BCUT2D eigenvalue weighted by Crippen LogP contribution is -2.47. The summed E-state index contributed by atoms with van der Waals surface area (Å²) in [6.07, 6.45) is 2.00. The van der Waals surface area contributed by atoms with Crippen LogP contribution in [0.15, 0.2) is 54.6 Å². The zero-order valence-corrected chi connectivity index (χ0v) is 18.4. The molecule has 3 rings (SSSR count). The number of nitrogens with one attached hydrogen (secondary N) is 2. The van der Waals surface area contributed by atoms with Gasteiger partial charge in [0.25, 0.3) is 0 Å². The molecule has 5 nitrogen and oxygen atoms in total. The third-order valence-electron chi connectivity index (χ3n) is 5.95. The summed E-state index contributed by atoms with van der Waals surface area (Å²) in [6, 6.07) is 19.3. The van der Waals surface area contributed by atoms with E-state index in [0.717, 1.165) is 57.7 Å². The molecule has 2 aromatic carbocycles. The van der Waals surface area contributed by atoms with E-state index in [1.54, 1.807) is 0 Å². The van der Waals surface area contributed by atoms with Crippen LogP contribution in [0.4, 0.5) is 4.79 Å². The SMILES string of the molecule is CCN(CC)Cc1ccc(CNC(=O)NC2CCN(Cc3ccccc3)CC2)cc1. The minimum Gasteiger partial charge on any atom is -0.335 e. The maximum atomic E-state index is 12.3. The molecule has 0 bridgehead atoms. The minimum absolute atomic E-state index is 0.0660. The van der Waals surface area contributed by atoms with Crippen LogP contribution in [0.3, 0.4) is 0 Å². The normalized spacial score (nSPS) is 15.3. The predicted octanol–water partition coefficient (Wildman–Crippen LogP) is 3.99. The van der Waals surface area contributed by atoms with Crippen molar-refractivity contribution in [2.75, 3.05) is 26.2 Å². The number of hydrogen-bond donors (Lipinski definition) is 2. The van der Waals surface area contributed by atoms with E-state index in [0.29, 0.717) is 6.54 Å². The van der Waals surface area contributed by atoms with Gasteiger partial charge < -0.3 is 10.6 Å². The molecule has 0 spiro atoms. The van der Waals surface area contributed by atoms with Gasteiger partial charge >= 0.3 is 6.03 Å². The number of likely N-dealkylation sites (tertiary alicyclic amines) is 1. The summed E-state index contributed by atoms with van der Waals surface area (Å²) in [4.78, 5) is 17.2. The number of rotatable bonds is 9. The summed E-state index contributed by atoms with van der Waals surface area (Å²) in [6.45, 7) is 11.1. The van der Waals surface area contributed by atoms with Crippen LogP contribution in [0.25, 0.3) is 0 Å². The van der Waals surface area contributed by atoms with E-state index < -0.39 is 0 Å². The number of nitrogens with zero attached hydrogens (tertiary/aromatic N) is 2. The standard InChI is InChI=1S/C25H36N4O/c1-3-28(4-2)19-23-12-10-21(11-13-23)18-26-25(30)27-24-14-16-29(17-15-24)20-22-8-6-5-7-9-22/h5-13,24H,3-4,14-20H2,1-2H3,(H2,26,27,30). The molecule has 1 aliphatic heterocycles. The second-order valence-corrected chi connectivity index (χ2v) is 8.14. The molecule has 0 radical (unpaired) electrons. The van der Waals surface area contributed by atoms with Crippen LogP contribution >= 0.6 is 0 Å². The van der Waals surface area contributed by atoms with Crippen molar-refractivity contribution in [3.8, 4) is 0 Å². The van der Waals surface area contributed by atoms with Crippen molar-refractivity contribution in [3.05, 3.63) is 71.3 Å². The van der Waals surface area contributed by atoms with Crippen molar-refractivity contribution in [2.45, 2.75) is 52.4 Å². The summed E-state index contributed by atoms with van der Waals surface area (Å²) in [5, 5.41) is 6.15. The molecule has 1 fully saturated rings. The van der Waals surface area contributed by atoms with E-state index in [1.165, 1.54) is 11.1 Å².